The zero-order valence-electron chi connectivity index (χ0n) is 8.50. The van der Waals surface area contributed by atoms with E-state index in [0.29, 0.717) is 12.0 Å². The summed E-state index contributed by atoms with van der Waals surface area (Å²) in [6.45, 7) is 1.90. The number of ether oxygens (including phenoxy) is 1. The van der Waals surface area contributed by atoms with Crippen molar-refractivity contribution in [1.29, 1.82) is 0 Å². The highest BCUT2D eigenvalue weighted by Gasteiger charge is 2.33. The lowest BCUT2D eigenvalue weighted by atomic mass is 9.85. The van der Waals surface area contributed by atoms with E-state index < -0.39 is 0 Å². The van der Waals surface area contributed by atoms with Gasteiger partial charge in [-0.25, -0.2) is 0 Å². The summed E-state index contributed by atoms with van der Waals surface area (Å²) in [4.78, 5) is 0. The number of hydrogen-bond acceptors (Lipinski definition) is 2. The van der Waals surface area contributed by atoms with Crippen LogP contribution in [0.3, 0.4) is 0 Å². The topological polar surface area (TPSA) is 21.3 Å². The first-order chi connectivity index (χ1) is 7.36. The van der Waals surface area contributed by atoms with Crippen LogP contribution in [0, 0.1) is 5.92 Å². The molecule has 2 atom stereocenters. The molecule has 1 N–H and O–H groups in total. The van der Waals surface area contributed by atoms with Gasteiger partial charge < -0.3 is 10.1 Å². The van der Waals surface area contributed by atoms with Crippen molar-refractivity contribution in [2.24, 2.45) is 5.92 Å². The molecule has 80 valence electrons. The number of fused-ring (bicyclic) bond motifs is 3. The van der Waals surface area contributed by atoms with Gasteiger partial charge in [-0.05, 0) is 25.5 Å². The maximum absolute atomic E-state index is 6.12. The van der Waals surface area contributed by atoms with Crippen LogP contribution in [0.25, 0.3) is 0 Å². The molecule has 0 amide bonds. The average molecular weight is 224 g/mol. The van der Waals surface area contributed by atoms with E-state index in [9.17, 15) is 0 Å². The standard InChI is InChI=1S/C12H14ClNO/c13-10-5-1-4-9-11-8(3-2-6-14-11)7-15-12(9)10/h1,4-5,8,11,14H,2-3,6-7H2. The van der Waals surface area contributed by atoms with Gasteiger partial charge >= 0.3 is 0 Å². The molecular formula is C12H14ClNO. The van der Waals surface area contributed by atoms with Crippen LogP contribution in [-0.4, -0.2) is 13.2 Å². The van der Waals surface area contributed by atoms with Crippen LogP contribution >= 0.6 is 11.6 Å². The lowest BCUT2D eigenvalue weighted by Crippen LogP contribution is -2.39. The number of piperidine rings is 1. The van der Waals surface area contributed by atoms with E-state index in [4.69, 9.17) is 16.3 Å². The number of rotatable bonds is 0. The molecule has 2 aliphatic rings. The minimum atomic E-state index is 0.446. The number of benzene rings is 1. The Kier molecular flexibility index (Phi) is 2.33. The van der Waals surface area contributed by atoms with E-state index in [1.165, 1.54) is 18.4 Å². The Morgan fingerprint density at radius 1 is 1.40 bits per heavy atom. The van der Waals surface area contributed by atoms with Crippen molar-refractivity contribution >= 4 is 11.6 Å². The molecule has 0 aromatic heterocycles. The predicted molar refractivity (Wildman–Crippen MR) is 60.4 cm³/mol. The van der Waals surface area contributed by atoms with Crippen LogP contribution in [0.5, 0.6) is 5.75 Å². The maximum atomic E-state index is 6.12. The number of nitrogens with one attached hydrogen (secondary N) is 1. The van der Waals surface area contributed by atoms with Gasteiger partial charge in [0.05, 0.1) is 11.6 Å². The summed E-state index contributed by atoms with van der Waals surface area (Å²) in [5.74, 6) is 1.50. The van der Waals surface area contributed by atoms with E-state index in [0.717, 1.165) is 23.9 Å². The van der Waals surface area contributed by atoms with E-state index in [1.54, 1.807) is 0 Å². The summed E-state index contributed by atoms with van der Waals surface area (Å²) in [5.41, 5.74) is 1.23. The fourth-order valence-electron chi connectivity index (χ4n) is 2.61. The molecule has 2 aliphatic heterocycles. The van der Waals surface area contributed by atoms with Crippen LogP contribution < -0.4 is 10.1 Å². The van der Waals surface area contributed by atoms with Gasteiger partial charge in [-0.15, -0.1) is 0 Å². The molecule has 3 rings (SSSR count). The highest BCUT2D eigenvalue weighted by molar-refractivity contribution is 6.32. The molecule has 2 unspecified atom stereocenters. The first kappa shape index (κ1) is 9.49. The molecule has 3 heteroatoms. The Morgan fingerprint density at radius 3 is 3.27 bits per heavy atom. The van der Waals surface area contributed by atoms with Crippen LogP contribution in [0.2, 0.25) is 5.02 Å². The van der Waals surface area contributed by atoms with Gasteiger partial charge in [0, 0.05) is 17.5 Å². The maximum Gasteiger partial charge on any atom is 0.142 e. The summed E-state index contributed by atoms with van der Waals surface area (Å²) < 4.78 is 5.75. The quantitative estimate of drug-likeness (QED) is 0.730. The first-order valence-corrected chi connectivity index (χ1v) is 5.88. The molecular weight excluding hydrogens is 210 g/mol. The molecule has 0 radical (unpaired) electrons. The van der Waals surface area contributed by atoms with Gasteiger partial charge in [0.1, 0.15) is 5.75 Å². The molecule has 1 fully saturated rings. The second-order valence-electron chi connectivity index (χ2n) is 4.30. The van der Waals surface area contributed by atoms with Crippen LogP contribution in [0.15, 0.2) is 18.2 Å². The monoisotopic (exact) mass is 223 g/mol. The van der Waals surface area contributed by atoms with E-state index in [1.807, 2.05) is 12.1 Å². The highest BCUT2D eigenvalue weighted by Crippen LogP contribution is 2.42. The number of hydrogen-bond donors (Lipinski definition) is 1. The smallest absolute Gasteiger partial charge is 0.142 e. The van der Waals surface area contributed by atoms with Gasteiger partial charge in [0.25, 0.3) is 0 Å². The zero-order valence-corrected chi connectivity index (χ0v) is 9.26. The molecule has 0 aliphatic carbocycles. The second kappa shape index (κ2) is 3.69. The molecule has 2 heterocycles. The number of halogens is 1. The van der Waals surface area contributed by atoms with Crippen molar-refractivity contribution < 1.29 is 4.74 Å². The Balaban J connectivity index is 2.03. The fraction of sp³-hybridized carbons (Fsp3) is 0.500. The summed E-state index contributed by atoms with van der Waals surface area (Å²) in [6.07, 6.45) is 2.50. The molecule has 1 aromatic carbocycles. The van der Waals surface area contributed by atoms with Crippen LogP contribution in [-0.2, 0) is 0 Å². The predicted octanol–water partition coefficient (Wildman–Crippen LogP) is 2.77. The Bertz CT molecular complexity index is 380. The van der Waals surface area contributed by atoms with Crippen LogP contribution in [0.4, 0.5) is 0 Å². The van der Waals surface area contributed by atoms with E-state index >= 15 is 0 Å². The van der Waals surface area contributed by atoms with Gasteiger partial charge in [0.2, 0.25) is 0 Å². The van der Waals surface area contributed by atoms with E-state index in [2.05, 4.69) is 11.4 Å². The summed E-state index contributed by atoms with van der Waals surface area (Å²) in [5, 5.41) is 4.30. The average Bonchev–Trinajstić information content (AvgIpc) is 2.29. The molecule has 0 bridgehead atoms. The third kappa shape index (κ3) is 1.52. The van der Waals surface area contributed by atoms with Crippen molar-refractivity contribution in [3.05, 3.63) is 28.8 Å². The van der Waals surface area contributed by atoms with Gasteiger partial charge in [-0.3, -0.25) is 0 Å². The number of para-hydroxylation sites is 1. The fourth-order valence-corrected chi connectivity index (χ4v) is 2.85. The van der Waals surface area contributed by atoms with Crippen molar-refractivity contribution in [3.63, 3.8) is 0 Å². The summed E-state index contributed by atoms with van der Waals surface area (Å²) in [7, 11) is 0. The molecule has 2 nitrogen and oxygen atoms in total. The van der Waals surface area contributed by atoms with Gasteiger partial charge in [-0.1, -0.05) is 23.7 Å². The van der Waals surface area contributed by atoms with Crippen molar-refractivity contribution in [2.45, 2.75) is 18.9 Å². The molecule has 0 spiro atoms. The van der Waals surface area contributed by atoms with Crippen LogP contribution in [0.1, 0.15) is 24.4 Å². The molecule has 1 aromatic rings. The summed E-state index contributed by atoms with van der Waals surface area (Å²) in [6, 6.07) is 6.46. The van der Waals surface area contributed by atoms with Crippen molar-refractivity contribution in [2.75, 3.05) is 13.2 Å². The van der Waals surface area contributed by atoms with Crippen molar-refractivity contribution in [1.82, 2.24) is 5.32 Å². The van der Waals surface area contributed by atoms with Gasteiger partial charge in [0.15, 0.2) is 0 Å². The minimum Gasteiger partial charge on any atom is -0.491 e. The van der Waals surface area contributed by atoms with Crippen molar-refractivity contribution in [3.8, 4) is 5.75 Å². The lowest BCUT2D eigenvalue weighted by molar-refractivity contribution is 0.147. The molecule has 15 heavy (non-hydrogen) atoms. The highest BCUT2D eigenvalue weighted by atomic mass is 35.5. The largest absolute Gasteiger partial charge is 0.491 e. The molecule has 0 saturated carbocycles. The summed E-state index contributed by atoms with van der Waals surface area (Å²) >= 11 is 6.12. The first-order valence-electron chi connectivity index (χ1n) is 5.51. The third-order valence-corrected chi connectivity index (χ3v) is 3.66. The second-order valence-corrected chi connectivity index (χ2v) is 4.71. The van der Waals surface area contributed by atoms with Gasteiger partial charge in [-0.2, -0.15) is 0 Å². The Hall–Kier alpha value is -0.730. The zero-order chi connectivity index (χ0) is 10.3. The lowest BCUT2D eigenvalue weighted by Gasteiger charge is -2.37. The molecule has 1 saturated heterocycles. The van der Waals surface area contributed by atoms with E-state index in [-0.39, 0.29) is 0 Å². The Morgan fingerprint density at radius 2 is 2.33 bits per heavy atom. The normalized spacial score (nSPS) is 28.9. The minimum absolute atomic E-state index is 0.446. The SMILES string of the molecule is Clc1cccc2c1OCC1CCCNC21. The Labute approximate surface area is 94.6 Å². The third-order valence-electron chi connectivity index (χ3n) is 3.36.